The summed E-state index contributed by atoms with van der Waals surface area (Å²) >= 11 is 0. The van der Waals surface area contributed by atoms with Gasteiger partial charge >= 0.3 is 0 Å². The standard InChI is InChI=1S/C22H22FN3O/c1-16-4-2-3-5-18(16)14-26-22(27)19-12-21(15-24-13-19)25-11-10-17-6-8-20(23)9-7-17/h2-9,12-13,15,25H,10-11,14H2,1H3,(H,26,27). The second-order valence-electron chi connectivity index (χ2n) is 6.37. The van der Waals surface area contributed by atoms with Crippen molar-refractivity contribution >= 4 is 11.6 Å². The van der Waals surface area contributed by atoms with Crippen molar-refractivity contribution in [2.75, 3.05) is 11.9 Å². The molecule has 0 aliphatic carbocycles. The number of rotatable bonds is 7. The van der Waals surface area contributed by atoms with Gasteiger partial charge in [0.2, 0.25) is 0 Å². The minimum Gasteiger partial charge on any atom is -0.383 e. The van der Waals surface area contributed by atoms with Gasteiger partial charge in [-0.15, -0.1) is 0 Å². The number of aromatic nitrogens is 1. The van der Waals surface area contributed by atoms with Crippen LogP contribution in [-0.2, 0) is 13.0 Å². The molecule has 1 heterocycles. The number of anilines is 1. The van der Waals surface area contributed by atoms with E-state index >= 15 is 0 Å². The van der Waals surface area contributed by atoms with E-state index in [1.807, 2.05) is 31.2 Å². The van der Waals surface area contributed by atoms with Crippen LogP contribution in [0.5, 0.6) is 0 Å². The minimum atomic E-state index is -0.236. The fraction of sp³-hybridized carbons (Fsp3) is 0.182. The van der Waals surface area contributed by atoms with Crippen LogP contribution in [-0.4, -0.2) is 17.4 Å². The Balaban J connectivity index is 1.53. The largest absolute Gasteiger partial charge is 0.383 e. The van der Waals surface area contributed by atoms with Gasteiger partial charge in [0.25, 0.3) is 5.91 Å². The highest BCUT2D eigenvalue weighted by Crippen LogP contribution is 2.11. The summed E-state index contributed by atoms with van der Waals surface area (Å²) in [6.45, 7) is 3.17. The maximum atomic E-state index is 12.9. The lowest BCUT2D eigenvalue weighted by molar-refractivity contribution is 0.0950. The van der Waals surface area contributed by atoms with Crippen molar-refractivity contribution < 1.29 is 9.18 Å². The topological polar surface area (TPSA) is 54.0 Å². The van der Waals surface area contributed by atoms with Crippen molar-refractivity contribution in [1.82, 2.24) is 10.3 Å². The molecule has 0 radical (unpaired) electrons. The van der Waals surface area contributed by atoms with Crippen LogP contribution in [0.1, 0.15) is 27.0 Å². The second-order valence-corrected chi connectivity index (χ2v) is 6.37. The van der Waals surface area contributed by atoms with E-state index in [9.17, 15) is 9.18 Å². The number of amides is 1. The van der Waals surface area contributed by atoms with Crippen molar-refractivity contribution in [2.24, 2.45) is 0 Å². The molecule has 1 aromatic heterocycles. The third kappa shape index (κ3) is 5.38. The molecule has 0 aliphatic rings. The summed E-state index contributed by atoms with van der Waals surface area (Å²) in [6.07, 6.45) is 3.99. The van der Waals surface area contributed by atoms with Gasteiger partial charge in [-0.25, -0.2) is 4.39 Å². The summed E-state index contributed by atoms with van der Waals surface area (Å²) in [5, 5.41) is 6.18. The van der Waals surface area contributed by atoms with Crippen LogP contribution in [0.2, 0.25) is 0 Å². The minimum absolute atomic E-state index is 0.159. The van der Waals surface area contributed by atoms with Crippen molar-refractivity contribution in [2.45, 2.75) is 19.9 Å². The zero-order valence-corrected chi connectivity index (χ0v) is 15.2. The molecule has 0 spiro atoms. The molecular formula is C22H22FN3O. The molecule has 1 amide bonds. The number of hydrogen-bond donors (Lipinski definition) is 2. The van der Waals surface area contributed by atoms with E-state index in [4.69, 9.17) is 0 Å². The van der Waals surface area contributed by atoms with Crippen LogP contribution in [0.3, 0.4) is 0 Å². The SMILES string of the molecule is Cc1ccccc1CNC(=O)c1cncc(NCCc2ccc(F)cc2)c1. The monoisotopic (exact) mass is 363 g/mol. The summed E-state index contributed by atoms with van der Waals surface area (Å²) in [5.74, 6) is -0.395. The molecule has 4 nitrogen and oxygen atoms in total. The summed E-state index contributed by atoms with van der Waals surface area (Å²) in [6, 6.07) is 16.2. The Bertz CT molecular complexity index is 909. The maximum absolute atomic E-state index is 12.9. The highest BCUT2D eigenvalue weighted by atomic mass is 19.1. The van der Waals surface area contributed by atoms with Gasteiger partial charge in [0.05, 0.1) is 11.3 Å². The number of hydrogen-bond acceptors (Lipinski definition) is 3. The Morgan fingerprint density at radius 1 is 1.07 bits per heavy atom. The number of halogens is 1. The van der Waals surface area contributed by atoms with Crippen molar-refractivity contribution in [3.05, 3.63) is 95.1 Å². The molecule has 5 heteroatoms. The summed E-state index contributed by atoms with van der Waals surface area (Å²) in [5.41, 5.74) is 4.57. The molecular weight excluding hydrogens is 341 g/mol. The smallest absolute Gasteiger partial charge is 0.253 e. The lowest BCUT2D eigenvalue weighted by atomic mass is 10.1. The fourth-order valence-corrected chi connectivity index (χ4v) is 2.75. The molecule has 2 N–H and O–H groups in total. The number of nitrogens with one attached hydrogen (secondary N) is 2. The normalized spacial score (nSPS) is 10.4. The third-order valence-corrected chi connectivity index (χ3v) is 4.36. The van der Waals surface area contributed by atoms with Crippen molar-refractivity contribution in [3.63, 3.8) is 0 Å². The predicted molar refractivity (Wildman–Crippen MR) is 105 cm³/mol. The van der Waals surface area contributed by atoms with Crippen LogP contribution in [0, 0.1) is 12.7 Å². The van der Waals surface area contributed by atoms with Crippen molar-refractivity contribution in [1.29, 1.82) is 0 Å². The molecule has 0 fully saturated rings. The molecule has 0 bridgehead atoms. The molecule has 0 aliphatic heterocycles. The van der Waals surface area contributed by atoms with Gasteiger partial charge in [-0.3, -0.25) is 9.78 Å². The first-order valence-corrected chi connectivity index (χ1v) is 8.88. The van der Waals surface area contributed by atoms with Crippen LogP contribution < -0.4 is 10.6 Å². The first-order chi connectivity index (χ1) is 13.1. The van der Waals surface area contributed by atoms with Gasteiger partial charge in [0.15, 0.2) is 0 Å². The number of benzene rings is 2. The number of nitrogens with zero attached hydrogens (tertiary/aromatic N) is 1. The van der Waals surface area contributed by atoms with Crippen LogP contribution in [0.4, 0.5) is 10.1 Å². The predicted octanol–water partition coefficient (Wildman–Crippen LogP) is 4.11. The molecule has 0 saturated carbocycles. The number of pyridine rings is 1. The van der Waals surface area contributed by atoms with E-state index in [2.05, 4.69) is 15.6 Å². The maximum Gasteiger partial charge on any atom is 0.253 e. The first-order valence-electron chi connectivity index (χ1n) is 8.88. The number of aryl methyl sites for hydroxylation is 1. The van der Waals surface area contributed by atoms with Gasteiger partial charge in [0.1, 0.15) is 5.82 Å². The van der Waals surface area contributed by atoms with Crippen LogP contribution in [0.15, 0.2) is 67.0 Å². The van der Waals surface area contributed by atoms with Gasteiger partial charge in [0, 0.05) is 25.5 Å². The molecule has 0 saturated heterocycles. The van der Waals surface area contributed by atoms with Crippen molar-refractivity contribution in [3.8, 4) is 0 Å². The highest BCUT2D eigenvalue weighted by molar-refractivity contribution is 5.94. The van der Waals surface area contributed by atoms with E-state index in [1.54, 1.807) is 30.6 Å². The quantitative estimate of drug-likeness (QED) is 0.664. The van der Waals surface area contributed by atoms with E-state index < -0.39 is 0 Å². The molecule has 2 aromatic carbocycles. The van der Waals surface area contributed by atoms with Gasteiger partial charge < -0.3 is 10.6 Å². The van der Waals surface area contributed by atoms with Crippen LogP contribution in [0.25, 0.3) is 0 Å². The Labute approximate surface area is 158 Å². The average molecular weight is 363 g/mol. The molecule has 3 rings (SSSR count). The zero-order valence-electron chi connectivity index (χ0n) is 15.2. The lowest BCUT2D eigenvalue weighted by Crippen LogP contribution is -2.23. The third-order valence-electron chi connectivity index (χ3n) is 4.36. The number of carbonyl (C=O) groups excluding carboxylic acids is 1. The Hall–Kier alpha value is -3.21. The first kappa shape index (κ1) is 18.6. The fourth-order valence-electron chi connectivity index (χ4n) is 2.75. The Kier molecular flexibility index (Phi) is 6.15. The summed E-state index contributed by atoms with van der Waals surface area (Å²) in [4.78, 5) is 16.5. The highest BCUT2D eigenvalue weighted by Gasteiger charge is 2.07. The molecule has 138 valence electrons. The van der Waals surface area contributed by atoms with E-state index in [0.29, 0.717) is 18.7 Å². The summed E-state index contributed by atoms with van der Waals surface area (Å²) < 4.78 is 12.9. The number of carbonyl (C=O) groups is 1. The Morgan fingerprint density at radius 3 is 2.63 bits per heavy atom. The van der Waals surface area contributed by atoms with E-state index in [0.717, 1.165) is 28.8 Å². The van der Waals surface area contributed by atoms with Gasteiger partial charge in [-0.05, 0) is 48.2 Å². The summed E-state index contributed by atoms with van der Waals surface area (Å²) in [7, 11) is 0. The average Bonchev–Trinajstić information content (AvgIpc) is 2.69. The molecule has 0 unspecified atom stereocenters. The zero-order chi connectivity index (χ0) is 19.1. The lowest BCUT2D eigenvalue weighted by Gasteiger charge is -2.10. The molecule has 27 heavy (non-hydrogen) atoms. The molecule has 0 atom stereocenters. The second kappa shape index (κ2) is 8.94. The van der Waals surface area contributed by atoms with E-state index in [1.165, 1.54) is 12.1 Å². The Morgan fingerprint density at radius 2 is 1.85 bits per heavy atom. The molecule has 3 aromatic rings. The van der Waals surface area contributed by atoms with E-state index in [-0.39, 0.29) is 11.7 Å². The van der Waals surface area contributed by atoms with Gasteiger partial charge in [-0.1, -0.05) is 36.4 Å². The van der Waals surface area contributed by atoms with Gasteiger partial charge in [-0.2, -0.15) is 0 Å². The van der Waals surface area contributed by atoms with Crippen LogP contribution >= 0.6 is 0 Å².